The molecule has 2 aromatic heterocycles. The summed E-state index contributed by atoms with van der Waals surface area (Å²) in [6, 6.07) is 7.73. The SMILES string of the molecule is CCOCc1nn2c(=O)cc(COC(=O)c3cccc(Cl)c3)nc2s1. The topological polar surface area (TPSA) is 82.8 Å². The minimum atomic E-state index is -0.536. The van der Waals surface area contributed by atoms with Crippen LogP contribution >= 0.6 is 22.9 Å². The van der Waals surface area contributed by atoms with Crippen LogP contribution in [0.5, 0.6) is 0 Å². The van der Waals surface area contributed by atoms with Crippen molar-refractivity contribution in [3.05, 3.63) is 62.0 Å². The Bertz CT molecular complexity index is 969. The summed E-state index contributed by atoms with van der Waals surface area (Å²) in [5, 5.41) is 5.25. The second-order valence-electron chi connectivity index (χ2n) is 5.00. The van der Waals surface area contributed by atoms with Crippen molar-refractivity contribution < 1.29 is 14.3 Å². The van der Waals surface area contributed by atoms with Crippen LogP contribution in [0.25, 0.3) is 4.96 Å². The number of rotatable bonds is 6. The Morgan fingerprint density at radius 1 is 1.32 bits per heavy atom. The molecule has 1 aromatic carbocycles. The van der Waals surface area contributed by atoms with Gasteiger partial charge in [-0.2, -0.15) is 9.61 Å². The lowest BCUT2D eigenvalue weighted by molar-refractivity contribution is 0.0467. The number of aromatic nitrogens is 3. The molecule has 0 radical (unpaired) electrons. The third kappa shape index (κ3) is 4.22. The highest BCUT2D eigenvalue weighted by atomic mass is 35.5. The zero-order valence-electron chi connectivity index (χ0n) is 13.3. The van der Waals surface area contributed by atoms with Crippen molar-refractivity contribution in [2.75, 3.05) is 6.61 Å². The number of carbonyl (C=O) groups excluding carboxylic acids is 1. The van der Waals surface area contributed by atoms with Crippen LogP contribution in [-0.2, 0) is 22.7 Å². The predicted molar refractivity (Wildman–Crippen MR) is 93.0 cm³/mol. The molecule has 0 bridgehead atoms. The summed E-state index contributed by atoms with van der Waals surface area (Å²) in [7, 11) is 0. The molecule has 0 atom stereocenters. The molecule has 0 saturated heterocycles. The Kier molecular flexibility index (Phi) is 5.42. The zero-order chi connectivity index (χ0) is 17.8. The number of fused-ring (bicyclic) bond motifs is 1. The number of hydrogen-bond acceptors (Lipinski definition) is 7. The number of esters is 1. The number of benzene rings is 1. The minimum Gasteiger partial charge on any atom is -0.456 e. The molecule has 0 unspecified atom stereocenters. The number of ether oxygens (including phenoxy) is 2. The highest BCUT2D eigenvalue weighted by molar-refractivity contribution is 7.16. The van der Waals surface area contributed by atoms with Crippen molar-refractivity contribution in [1.82, 2.24) is 14.6 Å². The number of carbonyl (C=O) groups is 1. The van der Waals surface area contributed by atoms with Gasteiger partial charge in [0.15, 0.2) is 0 Å². The normalized spacial score (nSPS) is 11.0. The van der Waals surface area contributed by atoms with Gasteiger partial charge >= 0.3 is 5.97 Å². The maximum absolute atomic E-state index is 12.1. The van der Waals surface area contributed by atoms with Crippen molar-refractivity contribution in [2.24, 2.45) is 0 Å². The number of nitrogens with zero attached hydrogens (tertiary/aromatic N) is 3. The van der Waals surface area contributed by atoms with Crippen LogP contribution in [0, 0.1) is 0 Å². The Labute approximate surface area is 151 Å². The summed E-state index contributed by atoms with van der Waals surface area (Å²) in [5.41, 5.74) is 0.354. The molecule has 3 rings (SSSR count). The third-order valence-electron chi connectivity index (χ3n) is 3.18. The van der Waals surface area contributed by atoms with Crippen LogP contribution < -0.4 is 5.56 Å². The van der Waals surface area contributed by atoms with E-state index >= 15 is 0 Å². The van der Waals surface area contributed by atoms with Gasteiger partial charge < -0.3 is 9.47 Å². The number of hydrogen-bond donors (Lipinski definition) is 0. The summed E-state index contributed by atoms with van der Waals surface area (Å²) in [6.07, 6.45) is 0. The molecule has 0 aliphatic heterocycles. The highest BCUT2D eigenvalue weighted by Gasteiger charge is 2.12. The van der Waals surface area contributed by atoms with E-state index in [0.29, 0.717) is 39.5 Å². The molecule has 0 amide bonds. The summed E-state index contributed by atoms with van der Waals surface area (Å²) in [4.78, 5) is 28.9. The Balaban J connectivity index is 1.75. The summed E-state index contributed by atoms with van der Waals surface area (Å²) in [6.45, 7) is 2.64. The smallest absolute Gasteiger partial charge is 0.338 e. The van der Waals surface area contributed by atoms with E-state index in [-0.39, 0.29) is 12.2 Å². The first-order valence-electron chi connectivity index (χ1n) is 7.46. The van der Waals surface area contributed by atoms with E-state index in [0.717, 1.165) is 0 Å². The first kappa shape index (κ1) is 17.5. The molecule has 0 saturated carbocycles. The van der Waals surface area contributed by atoms with E-state index in [2.05, 4.69) is 10.1 Å². The lowest BCUT2D eigenvalue weighted by Crippen LogP contribution is -2.16. The van der Waals surface area contributed by atoms with E-state index in [1.165, 1.54) is 28.0 Å². The summed E-state index contributed by atoms with van der Waals surface area (Å²) >= 11 is 7.11. The molecule has 0 aliphatic carbocycles. The molecule has 0 fully saturated rings. The van der Waals surface area contributed by atoms with Crippen LogP contribution in [0.2, 0.25) is 5.02 Å². The standard InChI is InChI=1S/C16H14ClN3O4S/c1-2-23-9-13-19-20-14(21)7-12(18-16(20)25-13)8-24-15(22)10-4-3-5-11(17)6-10/h3-7H,2,8-9H2,1H3. The van der Waals surface area contributed by atoms with Crippen LogP contribution in [0.15, 0.2) is 35.1 Å². The molecule has 130 valence electrons. The van der Waals surface area contributed by atoms with E-state index in [1.807, 2.05) is 6.92 Å². The van der Waals surface area contributed by atoms with Crippen molar-refractivity contribution in [3.63, 3.8) is 0 Å². The molecular weight excluding hydrogens is 366 g/mol. The molecule has 0 spiro atoms. The molecule has 3 aromatic rings. The Morgan fingerprint density at radius 3 is 2.92 bits per heavy atom. The van der Waals surface area contributed by atoms with Gasteiger partial charge in [-0.15, -0.1) is 0 Å². The average molecular weight is 380 g/mol. The monoisotopic (exact) mass is 379 g/mol. The van der Waals surface area contributed by atoms with Gasteiger partial charge in [0.25, 0.3) is 5.56 Å². The molecular formula is C16H14ClN3O4S. The first-order valence-corrected chi connectivity index (χ1v) is 8.65. The second kappa shape index (κ2) is 7.73. The van der Waals surface area contributed by atoms with Crippen molar-refractivity contribution in [2.45, 2.75) is 20.1 Å². The van der Waals surface area contributed by atoms with Gasteiger partial charge in [0.1, 0.15) is 18.2 Å². The van der Waals surface area contributed by atoms with Crippen LogP contribution in [-0.4, -0.2) is 27.2 Å². The van der Waals surface area contributed by atoms with Crippen molar-refractivity contribution in [1.29, 1.82) is 0 Å². The predicted octanol–water partition coefficient (Wildman–Crippen LogP) is 2.70. The van der Waals surface area contributed by atoms with Gasteiger partial charge in [-0.1, -0.05) is 29.0 Å². The fraction of sp³-hybridized carbons (Fsp3) is 0.250. The first-order chi connectivity index (χ1) is 12.1. The average Bonchev–Trinajstić information content (AvgIpc) is 3.01. The van der Waals surface area contributed by atoms with Gasteiger partial charge in [-0.05, 0) is 25.1 Å². The molecule has 25 heavy (non-hydrogen) atoms. The van der Waals surface area contributed by atoms with Crippen LogP contribution in [0.3, 0.4) is 0 Å². The quantitative estimate of drug-likeness (QED) is 0.612. The van der Waals surface area contributed by atoms with Crippen LogP contribution in [0.4, 0.5) is 0 Å². The van der Waals surface area contributed by atoms with Gasteiger partial charge in [-0.25, -0.2) is 9.78 Å². The Morgan fingerprint density at radius 2 is 2.16 bits per heavy atom. The molecule has 9 heteroatoms. The Hall–Kier alpha value is -2.29. The zero-order valence-corrected chi connectivity index (χ0v) is 14.8. The van der Waals surface area contributed by atoms with Crippen molar-refractivity contribution in [3.8, 4) is 0 Å². The van der Waals surface area contributed by atoms with Crippen molar-refractivity contribution >= 4 is 33.9 Å². The van der Waals surface area contributed by atoms with Gasteiger partial charge in [-0.3, -0.25) is 4.79 Å². The molecule has 0 N–H and O–H groups in total. The minimum absolute atomic E-state index is 0.115. The summed E-state index contributed by atoms with van der Waals surface area (Å²) in [5.74, 6) is -0.536. The molecule has 0 aliphatic rings. The van der Waals surface area contributed by atoms with E-state index in [4.69, 9.17) is 21.1 Å². The third-order valence-corrected chi connectivity index (χ3v) is 4.30. The maximum Gasteiger partial charge on any atom is 0.338 e. The summed E-state index contributed by atoms with van der Waals surface area (Å²) < 4.78 is 11.7. The fourth-order valence-electron chi connectivity index (χ4n) is 2.06. The molecule has 7 nitrogen and oxygen atoms in total. The fourth-order valence-corrected chi connectivity index (χ4v) is 3.10. The van der Waals surface area contributed by atoms with Crippen LogP contribution in [0.1, 0.15) is 28.0 Å². The lowest BCUT2D eigenvalue weighted by Gasteiger charge is -2.04. The van der Waals surface area contributed by atoms with Gasteiger partial charge in [0, 0.05) is 17.7 Å². The van der Waals surface area contributed by atoms with E-state index in [1.54, 1.807) is 18.2 Å². The maximum atomic E-state index is 12.1. The lowest BCUT2D eigenvalue weighted by atomic mass is 10.2. The molecule has 2 heterocycles. The van der Waals surface area contributed by atoms with Gasteiger partial charge in [0.2, 0.25) is 4.96 Å². The van der Waals surface area contributed by atoms with Gasteiger partial charge in [0.05, 0.1) is 11.3 Å². The number of halogens is 1. The van der Waals surface area contributed by atoms with E-state index in [9.17, 15) is 9.59 Å². The second-order valence-corrected chi connectivity index (χ2v) is 6.48. The van der Waals surface area contributed by atoms with E-state index < -0.39 is 5.97 Å². The largest absolute Gasteiger partial charge is 0.456 e. The highest BCUT2D eigenvalue weighted by Crippen LogP contribution is 2.14.